The first-order valence-corrected chi connectivity index (χ1v) is 7.52. The van der Waals surface area contributed by atoms with Crippen molar-refractivity contribution >= 4 is 69.6 Å². The van der Waals surface area contributed by atoms with Crippen molar-refractivity contribution in [3.05, 3.63) is 10.1 Å². The van der Waals surface area contributed by atoms with Crippen LogP contribution in [0.5, 0.6) is 0 Å². The standard InChI is InChI=1S/C10H6Cl6O/c11-6-7(12)9(14)4-2(1-3-5(4)17-3)8(6,13)10(9,15)16/h2-5H,1H2/t2-,3+,4+,5-,8-,9-/m0/s1. The monoisotopic (exact) mass is 352 g/mol. The molecule has 17 heavy (non-hydrogen) atoms. The van der Waals surface area contributed by atoms with Gasteiger partial charge in [0.1, 0.15) is 9.75 Å². The molecule has 0 aromatic carbocycles. The number of hydrogen-bond donors (Lipinski definition) is 0. The molecule has 2 saturated carbocycles. The molecule has 1 aliphatic heterocycles. The van der Waals surface area contributed by atoms with E-state index in [0.717, 1.165) is 6.42 Å². The highest BCUT2D eigenvalue weighted by molar-refractivity contribution is 6.65. The minimum Gasteiger partial charge on any atom is -0.369 e. The van der Waals surface area contributed by atoms with Gasteiger partial charge in [-0.1, -0.05) is 46.4 Å². The zero-order valence-electron chi connectivity index (χ0n) is 8.19. The zero-order valence-corrected chi connectivity index (χ0v) is 12.7. The van der Waals surface area contributed by atoms with Crippen molar-refractivity contribution in [3.8, 4) is 0 Å². The first-order valence-electron chi connectivity index (χ1n) is 5.25. The Hall–Kier alpha value is 1.44. The van der Waals surface area contributed by atoms with Gasteiger partial charge in [0.15, 0.2) is 4.33 Å². The Morgan fingerprint density at radius 2 is 1.59 bits per heavy atom. The van der Waals surface area contributed by atoms with Crippen LogP contribution in [-0.2, 0) is 4.74 Å². The van der Waals surface area contributed by atoms with Crippen molar-refractivity contribution < 1.29 is 4.74 Å². The Bertz CT molecular complexity index is 475. The first-order chi connectivity index (χ1) is 7.78. The molecule has 1 nitrogen and oxygen atoms in total. The number of ether oxygens (including phenoxy) is 1. The molecule has 4 aliphatic rings. The minimum absolute atomic E-state index is 0.0235. The van der Waals surface area contributed by atoms with E-state index in [-0.39, 0.29) is 29.1 Å². The second kappa shape index (κ2) is 3.03. The Balaban J connectivity index is 2.00. The van der Waals surface area contributed by atoms with Gasteiger partial charge in [0.2, 0.25) is 0 Å². The fourth-order valence-corrected chi connectivity index (χ4v) is 6.90. The van der Waals surface area contributed by atoms with Gasteiger partial charge >= 0.3 is 0 Å². The second-order valence-electron chi connectivity index (χ2n) is 5.13. The number of hydrogen-bond acceptors (Lipinski definition) is 1. The molecule has 0 N–H and O–H groups in total. The molecule has 0 radical (unpaired) electrons. The van der Waals surface area contributed by atoms with Gasteiger partial charge in [-0.2, -0.15) is 0 Å². The Labute approximate surface area is 128 Å². The third-order valence-electron chi connectivity index (χ3n) is 4.61. The lowest BCUT2D eigenvalue weighted by Crippen LogP contribution is -2.45. The summed E-state index contributed by atoms with van der Waals surface area (Å²) in [4.78, 5) is -2.21. The normalized spacial score (nSPS) is 61.8. The van der Waals surface area contributed by atoms with Crippen LogP contribution in [-0.4, -0.2) is 26.3 Å². The summed E-state index contributed by atoms with van der Waals surface area (Å²) in [6.07, 6.45) is 1.06. The number of alkyl halides is 4. The van der Waals surface area contributed by atoms with Gasteiger partial charge < -0.3 is 4.74 Å². The number of halogens is 6. The van der Waals surface area contributed by atoms with E-state index in [4.69, 9.17) is 74.3 Å². The lowest BCUT2D eigenvalue weighted by atomic mass is 9.84. The van der Waals surface area contributed by atoms with Crippen molar-refractivity contribution in [3.63, 3.8) is 0 Å². The molecule has 4 rings (SSSR count). The molecule has 3 fully saturated rings. The summed E-state index contributed by atoms with van der Waals surface area (Å²) in [5.74, 6) is -0.0351. The first kappa shape index (κ1) is 12.2. The number of fused-ring (bicyclic) bond motifs is 7. The van der Waals surface area contributed by atoms with E-state index in [1.807, 2.05) is 0 Å². The molecule has 1 saturated heterocycles. The molecule has 0 spiro atoms. The van der Waals surface area contributed by atoms with Crippen LogP contribution < -0.4 is 0 Å². The van der Waals surface area contributed by atoms with Crippen LogP contribution in [0.3, 0.4) is 0 Å². The van der Waals surface area contributed by atoms with Crippen LogP contribution in [0.2, 0.25) is 0 Å². The second-order valence-corrected chi connectivity index (χ2v) is 8.41. The van der Waals surface area contributed by atoms with Gasteiger partial charge in [-0.05, 0) is 12.3 Å². The van der Waals surface area contributed by atoms with Crippen LogP contribution in [0.1, 0.15) is 6.42 Å². The Morgan fingerprint density at radius 3 is 2.24 bits per heavy atom. The summed E-state index contributed by atoms with van der Waals surface area (Å²) < 4.78 is 4.12. The molecular formula is C10H6Cl6O. The third-order valence-corrected chi connectivity index (χ3v) is 8.93. The van der Waals surface area contributed by atoms with E-state index >= 15 is 0 Å². The molecule has 2 bridgehead atoms. The summed E-state index contributed by atoms with van der Waals surface area (Å²) >= 11 is 38.6. The van der Waals surface area contributed by atoms with E-state index in [1.54, 1.807) is 0 Å². The average molecular weight is 355 g/mol. The van der Waals surface area contributed by atoms with E-state index < -0.39 is 14.1 Å². The van der Waals surface area contributed by atoms with Gasteiger partial charge in [0, 0.05) is 5.92 Å². The predicted molar refractivity (Wildman–Crippen MR) is 70.6 cm³/mol. The molecule has 0 amide bonds. The van der Waals surface area contributed by atoms with Crippen molar-refractivity contribution in [2.45, 2.75) is 32.7 Å². The quantitative estimate of drug-likeness (QED) is 0.468. The Kier molecular flexibility index (Phi) is 2.17. The summed E-state index contributed by atoms with van der Waals surface area (Å²) in [6.45, 7) is 0. The maximum atomic E-state index is 6.64. The molecular weight excluding hydrogens is 349 g/mol. The van der Waals surface area contributed by atoms with Gasteiger partial charge in [-0.3, -0.25) is 0 Å². The maximum absolute atomic E-state index is 6.64. The summed E-state index contributed by atoms with van der Waals surface area (Å²) in [7, 11) is 0. The molecule has 0 aromatic rings. The van der Waals surface area contributed by atoms with E-state index in [1.165, 1.54) is 0 Å². The molecule has 0 unspecified atom stereocenters. The number of epoxide rings is 1. The van der Waals surface area contributed by atoms with Crippen LogP contribution in [0.4, 0.5) is 0 Å². The Morgan fingerprint density at radius 1 is 1.00 bits per heavy atom. The summed E-state index contributed by atoms with van der Waals surface area (Å²) in [5.41, 5.74) is 0. The van der Waals surface area contributed by atoms with Crippen molar-refractivity contribution in [1.29, 1.82) is 0 Å². The highest BCUT2D eigenvalue weighted by Gasteiger charge is 2.87. The van der Waals surface area contributed by atoms with Crippen LogP contribution in [0, 0.1) is 11.8 Å². The average Bonchev–Trinajstić information content (AvgIpc) is 2.88. The van der Waals surface area contributed by atoms with Gasteiger partial charge in [0.05, 0.1) is 22.3 Å². The van der Waals surface area contributed by atoms with Gasteiger partial charge in [-0.15, -0.1) is 23.2 Å². The fourth-order valence-electron chi connectivity index (χ4n) is 3.81. The smallest absolute Gasteiger partial charge is 0.166 e. The molecule has 6 atom stereocenters. The lowest BCUT2D eigenvalue weighted by molar-refractivity contribution is 0.200. The molecule has 1 heterocycles. The van der Waals surface area contributed by atoms with Gasteiger partial charge in [0.25, 0.3) is 0 Å². The molecule has 94 valence electrons. The maximum Gasteiger partial charge on any atom is 0.166 e. The molecule has 3 aliphatic carbocycles. The molecule has 7 heteroatoms. The van der Waals surface area contributed by atoms with Crippen LogP contribution >= 0.6 is 69.6 Å². The van der Waals surface area contributed by atoms with Crippen LogP contribution in [0.25, 0.3) is 0 Å². The van der Waals surface area contributed by atoms with E-state index in [0.29, 0.717) is 5.03 Å². The topological polar surface area (TPSA) is 12.5 Å². The largest absolute Gasteiger partial charge is 0.369 e. The van der Waals surface area contributed by atoms with Crippen molar-refractivity contribution in [1.82, 2.24) is 0 Å². The lowest BCUT2D eigenvalue weighted by Gasteiger charge is -2.33. The number of allylic oxidation sites excluding steroid dienone is 2. The van der Waals surface area contributed by atoms with Crippen molar-refractivity contribution in [2.24, 2.45) is 11.8 Å². The fraction of sp³-hybridized carbons (Fsp3) is 0.800. The van der Waals surface area contributed by atoms with E-state index in [9.17, 15) is 0 Å². The number of rotatable bonds is 0. The third kappa shape index (κ3) is 0.971. The van der Waals surface area contributed by atoms with E-state index in [2.05, 4.69) is 0 Å². The molecule has 0 aromatic heterocycles. The predicted octanol–water partition coefficient (Wildman–Crippen LogP) is 4.24. The summed E-state index contributed by atoms with van der Waals surface area (Å²) in [5, 5.41) is 0.571. The highest BCUT2D eigenvalue weighted by atomic mass is 35.5. The minimum atomic E-state index is -1.40. The summed E-state index contributed by atoms with van der Waals surface area (Å²) in [6, 6.07) is 0. The van der Waals surface area contributed by atoms with Gasteiger partial charge in [-0.25, -0.2) is 0 Å². The van der Waals surface area contributed by atoms with Crippen molar-refractivity contribution in [2.75, 3.05) is 0 Å². The zero-order chi connectivity index (χ0) is 12.4. The highest BCUT2D eigenvalue weighted by Crippen LogP contribution is 2.80. The SMILES string of the molecule is ClC1=C(Cl)[C@@]2(Cl)[C@H]3C[C@H]4O[C@@H]4[C@@H]3[C@@]1(Cl)C2(Cl)Cl. The van der Waals surface area contributed by atoms with Crippen LogP contribution in [0.15, 0.2) is 10.1 Å².